The van der Waals surface area contributed by atoms with Gasteiger partial charge in [0.25, 0.3) is 5.91 Å². The Labute approximate surface area is 131 Å². The van der Waals surface area contributed by atoms with Gasteiger partial charge < -0.3 is 4.90 Å². The van der Waals surface area contributed by atoms with Crippen molar-refractivity contribution >= 4 is 34.5 Å². The minimum Gasteiger partial charge on any atom is -0.337 e. The first kappa shape index (κ1) is 15.1. The van der Waals surface area contributed by atoms with E-state index in [0.29, 0.717) is 12.1 Å². The molecule has 0 saturated heterocycles. The van der Waals surface area contributed by atoms with Crippen LogP contribution in [-0.4, -0.2) is 17.9 Å². The fourth-order valence-electron chi connectivity index (χ4n) is 1.80. The van der Waals surface area contributed by atoms with E-state index in [9.17, 15) is 9.18 Å². The average Bonchev–Trinajstić information content (AvgIpc) is 2.43. The molecule has 0 atom stereocenters. The highest BCUT2D eigenvalue weighted by molar-refractivity contribution is 9.10. The fourth-order valence-corrected chi connectivity index (χ4v) is 2.28. The summed E-state index contributed by atoms with van der Waals surface area (Å²) < 4.78 is 14.1. The third kappa shape index (κ3) is 3.61. The lowest BCUT2D eigenvalue weighted by atomic mass is 10.1. The van der Waals surface area contributed by atoms with Gasteiger partial charge in [-0.1, -0.05) is 28.1 Å². The van der Waals surface area contributed by atoms with Gasteiger partial charge in [0.05, 0.1) is 0 Å². The molecule has 2 rings (SSSR count). The van der Waals surface area contributed by atoms with E-state index in [2.05, 4.69) is 28.6 Å². The minimum atomic E-state index is -0.430. The average molecular weight is 354 g/mol. The topological polar surface area (TPSA) is 20.3 Å². The highest BCUT2D eigenvalue weighted by Gasteiger charge is 2.13. The van der Waals surface area contributed by atoms with Crippen molar-refractivity contribution in [1.82, 2.24) is 4.90 Å². The van der Waals surface area contributed by atoms with Gasteiger partial charge in [-0.15, -0.1) is 12.6 Å². The van der Waals surface area contributed by atoms with Crippen LogP contribution >= 0.6 is 28.6 Å². The van der Waals surface area contributed by atoms with Crippen LogP contribution in [0.3, 0.4) is 0 Å². The van der Waals surface area contributed by atoms with Gasteiger partial charge in [0.15, 0.2) is 0 Å². The van der Waals surface area contributed by atoms with Crippen LogP contribution in [0, 0.1) is 5.82 Å². The highest BCUT2D eigenvalue weighted by Crippen LogP contribution is 2.17. The Morgan fingerprint density at radius 3 is 2.50 bits per heavy atom. The normalized spacial score (nSPS) is 10.4. The Hall–Kier alpha value is -1.33. The van der Waals surface area contributed by atoms with Crippen molar-refractivity contribution in [3.63, 3.8) is 0 Å². The summed E-state index contributed by atoms with van der Waals surface area (Å²) >= 11 is 7.36. The molecule has 0 fully saturated rings. The number of amides is 1. The first-order valence-electron chi connectivity index (χ1n) is 5.96. The Kier molecular flexibility index (Phi) is 4.83. The molecule has 0 bridgehead atoms. The summed E-state index contributed by atoms with van der Waals surface area (Å²) in [5.41, 5.74) is 1.45. The van der Waals surface area contributed by atoms with Gasteiger partial charge in [-0.3, -0.25) is 4.79 Å². The zero-order valence-corrected chi connectivity index (χ0v) is 13.3. The van der Waals surface area contributed by atoms with Crippen LogP contribution in [0.15, 0.2) is 51.8 Å². The maximum Gasteiger partial charge on any atom is 0.253 e. The van der Waals surface area contributed by atoms with E-state index in [1.165, 1.54) is 18.2 Å². The zero-order chi connectivity index (χ0) is 14.7. The molecule has 0 N–H and O–H groups in total. The molecule has 104 valence electrons. The summed E-state index contributed by atoms with van der Waals surface area (Å²) in [4.78, 5) is 14.0. The summed E-state index contributed by atoms with van der Waals surface area (Å²) in [7, 11) is 1.71. The molecule has 0 unspecified atom stereocenters. The molecular weight excluding hydrogens is 341 g/mol. The molecular formula is C15H13BrFNOS. The largest absolute Gasteiger partial charge is 0.337 e. The predicted octanol–water partition coefficient (Wildman–Crippen LogP) is 4.15. The lowest BCUT2D eigenvalue weighted by Gasteiger charge is -2.17. The summed E-state index contributed by atoms with van der Waals surface area (Å²) in [6.07, 6.45) is 0. The molecule has 20 heavy (non-hydrogen) atoms. The van der Waals surface area contributed by atoms with Crippen LogP contribution in [0.2, 0.25) is 0 Å². The molecule has 0 aliphatic heterocycles. The van der Waals surface area contributed by atoms with E-state index in [4.69, 9.17) is 0 Å². The molecule has 2 nitrogen and oxygen atoms in total. The van der Waals surface area contributed by atoms with E-state index in [1.807, 2.05) is 24.3 Å². The van der Waals surface area contributed by atoms with Crippen LogP contribution in [0.1, 0.15) is 15.9 Å². The van der Waals surface area contributed by atoms with Gasteiger partial charge in [0, 0.05) is 28.5 Å². The van der Waals surface area contributed by atoms with E-state index in [0.717, 1.165) is 10.0 Å². The first-order chi connectivity index (χ1) is 9.47. The Morgan fingerprint density at radius 2 is 1.90 bits per heavy atom. The number of rotatable bonds is 3. The van der Waals surface area contributed by atoms with Crippen LogP contribution in [0.4, 0.5) is 4.39 Å². The molecule has 1 amide bonds. The second-order valence-electron chi connectivity index (χ2n) is 4.45. The number of carbonyl (C=O) groups is 1. The smallest absolute Gasteiger partial charge is 0.253 e. The van der Waals surface area contributed by atoms with Crippen LogP contribution in [0.5, 0.6) is 0 Å². The van der Waals surface area contributed by atoms with Gasteiger partial charge in [0.2, 0.25) is 0 Å². The van der Waals surface area contributed by atoms with E-state index in [1.54, 1.807) is 11.9 Å². The van der Waals surface area contributed by atoms with Crippen molar-refractivity contribution in [2.45, 2.75) is 11.4 Å². The third-order valence-electron chi connectivity index (χ3n) is 2.87. The summed E-state index contributed by atoms with van der Waals surface area (Å²) in [5, 5.41) is 0. The third-order valence-corrected chi connectivity index (χ3v) is 3.74. The molecule has 0 radical (unpaired) electrons. The second-order valence-corrected chi connectivity index (χ2v) is 5.85. The van der Waals surface area contributed by atoms with Gasteiger partial charge >= 0.3 is 0 Å². The maximum absolute atomic E-state index is 13.1. The summed E-state index contributed by atoms with van der Waals surface area (Å²) in [6, 6.07) is 11.9. The molecule has 2 aromatic carbocycles. The Morgan fingerprint density at radius 1 is 1.25 bits per heavy atom. The Bertz CT molecular complexity index is 630. The van der Waals surface area contributed by atoms with Crippen molar-refractivity contribution < 1.29 is 9.18 Å². The van der Waals surface area contributed by atoms with Crippen LogP contribution < -0.4 is 0 Å². The Balaban J connectivity index is 2.11. The summed E-state index contributed by atoms with van der Waals surface area (Å²) in [5.74, 6) is -0.594. The van der Waals surface area contributed by atoms with Crippen LogP contribution in [0.25, 0.3) is 0 Å². The van der Waals surface area contributed by atoms with E-state index < -0.39 is 5.82 Å². The number of thiol groups is 1. The quantitative estimate of drug-likeness (QED) is 0.821. The maximum atomic E-state index is 13.1. The second kappa shape index (κ2) is 6.41. The van der Waals surface area contributed by atoms with Gasteiger partial charge in [0.1, 0.15) is 5.82 Å². The predicted molar refractivity (Wildman–Crippen MR) is 83.6 cm³/mol. The number of benzene rings is 2. The van der Waals surface area contributed by atoms with E-state index in [-0.39, 0.29) is 10.8 Å². The zero-order valence-electron chi connectivity index (χ0n) is 10.8. The lowest BCUT2D eigenvalue weighted by Crippen LogP contribution is -2.26. The van der Waals surface area contributed by atoms with Crippen molar-refractivity contribution in [2.24, 2.45) is 0 Å². The van der Waals surface area contributed by atoms with Crippen molar-refractivity contribution in [1.29, 1.82) is 0 Å². The van der Waals surface area contributed by atoms with Crippen molar-refractivity contribution in [2.75, 3.05) is 7.05 Å². The highest BCUT2D eigenvalue weighted by atomic mass is 79.9. The molecule has 0 aromatic heterocycles. The van der Waals surface area contributed by atoms with Gasteiger partial charge in [-0.2, -0.15) is 0 Å². The number of hydrogen-bond acceptors (Lipinski definition) is 2. The first-order valence-corrected chi connectivity index (χ1v) is 7.20. The molecule has 0 aliphatic rings. The number of nitrogens with zero attached hydrogens (tertiary/aromatic N) is 1. The minimum absolute atomic E-state index is 0.164. The molecule has 0 aliphatic carbocycles. The fraction of sp³-hybridized carbons (Fsp3) is 0.133. The number of carbonyl (C=O) groups excluding carboxylic acids is 1. The van der Waals surface area contributed by atoms with Gasteiger partial charge in [-0.05, 0) is 35.9 Å². The lowest BCUT2D eigenvalue weighted by molar-refractivity contribution is 0.0785. The monoisotopic (exact) mass is 353 g/mol. The molecule has 2 aromatic rings. The van der Waals surface area contributed by atoms with Crippen molar-refractivity contribution in [3.8, 4) is 0 Å². The van der Waals surface area contributed by atoms with Gasteiger partial charge in [-0.25, -0.2) is 4.39 Å². The molecule has 0 heterocycles. The van der Waals surface area contributed by atoms with Crippen LogP contribution in [-0.2, 0) is 6.54 Å². The number of halogens is 2. The standard InChI is InChI=1S/C15H13BrFNOS/c1-18(9-10-2-5-12(16)6-3-10)15(19)11-4-7-13(17)14(20)8-11/h2-8,20H,9H2,1H3. The molecule has 0 saturated carbocycles. The van der Waals surface area contributed by atoms with Crippen molar-refractivity contribution in [3.05, 3.63) is 63.9 Å². The summed E-state index contributed by atoms with van der Waals surface area (Å²) in [6.45, 7) is 0.491. The molecule has 0 spiro atoms. The number of hydrogen-bond donors (Lipinski definition) is 1. The molecule has 5 heteroatoms. The SMILES string of the molecule is CN(Cc1ccc(Br)cc1)C(=O)c1ccc(F)c(S)c1. The van der Waals surface area contributed by atoms with E-state index >= 15 is 0 Å².